The Morgan fingerprint density at radius 3 is 2.67 bits per heavy atom. The van der Waals surface area contributed by atoms with Gasteiger partial charge in [-0.05, 0) is 24.3 Å². The van der Waals surface area contributed by atoms with Gasteiger partial charge in [0.1, 0.15) is 12.0 Å². The molecule has 1 saturated heterocycles. The molecule has 140 valence electrons. The summed E-state index contributed by atoms with van der Waals surface area (Å²) in [4.78, 5) is 9.39. The molecule has 0 atom stereocenters. The predicted molar refractivity (Wildman–Crippen MR) is 107 cm³/mol. The van der Waals surface area contributed by atoms with E-state index in [-0.39, 0.29) is 0 Å². The highest BCUT2D eigenvalue weighted by molar-refractivity contribution is 6.33. The van der Waals surface area contributed by atoms with E-state index in [1.165, 1.54) is 5.69 Å². The number of ether oxygens (including phenoxy) is 1. The van der Waals surface area contributed by atoms with E-state index in [4.69, 9.17) is 20.8 Å². The first-order chi connectivity index (χ1) is 13.2. The number of piperazine rings is 1. The zero-order valence-corrected chi connectivity index (χ0v) is 16.0. The van der Waals surface area contributed by atoms with Crippen LogP contribution < -0.4 is 9.64 Å². The lowest BCUT2D eigenvalue weighted by Gasteiger charge is -2.35. The number of halogens is 1. The second-order valence-corrected chi connectivity index (χ2v) is 7.00. The highest BCUT2D eigenvalue weighted by Crippen LogP contribution is 2.27. The maximum Gasteiger partial charge on any atom is 0.227 e. The van der Waals surface area contributed by atoms with Gasteiger partial charge in [0.25, 0.3) is 0 Å². The first kappa shape index (κ1) is 17.9. The lowest BCUT2D eigenvalue weighted by atomic mass is 10.2. The van der Waals surface area contributed by atoms with E-state index in [1.54, 1.807) is 13.4 Å². The Morgan fingerprint density at radius 1 is 1.07 bits per heavy atom. The van der Waals surface area contributed by atoms with Crippen molar-refractivity contribution in [3.05, 3.63) is 65.5 Å². The summed E-state index contributed by atoms with van der Waals surface area (Å²) in [6, 6.07) is 15.8. The van der Waals surface area contributed by atoms with Crippen LogP contribution in [0.25, 0.3) is 11.5 Å². The number of rotatable bonds is 5. The fraction of sp³-hybridized carbons (Fsp3) is 0.286. The second-order valence-electron chi connectivity index (χ2n) is 6.59. The van der Waals surface area contributed by atoms with E-state index < -0.39 is 0 Å². The normalized spacial score (nSPS) is 15.1. The summed E-state index contributed by atoms with van der Waals surface area (Å²) < 4.78 is 11.0. The Bertz CT molecular complexity index is 904. The maximum atomic E-state index is 6.23. The number of hydrogen-bond donors (Lipinski definition) is 0. The molecule has 1 aliphatic rings. The fourth-order valence-electron chi connectivity index (χ4n) is 3.34. The number of aromatic nitrogens is 1. The number of methoxy groups -OCH3 is 1. The molecule has 4 rings (SSSR count). The third-order valence-electron chi connectivity index (χ3n) is 4.83. The van der Waals surface area contributed by atoms with Gasteiger partial charge >= 0.3 is 0 Å². The molecule has 2 heterocycles. The van der Waals surface area contributed by atoms with Crippen molar-refractivity contribution in [3.8, 4) is 17.2 Å². The van der Waals surface area contributed by atoms with E-state index in [0.29, 0.717) is 10.9 Å². The van der Waals surface area contributed by atoms with Crippen LogP contribution in [0.3, 0.4) is 0 Å². The van der Waals surface area contributed by atoms with Crippen LogP contribution in [-0.2, 0) is 6.54 Å². The molecule has 0 unspecified atom stereocenters. The van der Waals surface area contributed by atoms with E-state index in [1.807, 2.05) is 36.4 Å². The lowest BCUT2D eigenvalue weighted by Crippen LogP contribution is -2.46. The molecule has 5 nitrogen and oxygen atoms in total. The quantitative estimate of drug-likeness (QED) is 0.656. The molecule has 6 heteroatoms. The summed E-state index contributed by atoms with van der Waals surface area (Å²) >= 11 is 6.23. The van der Waals surface area contributed by atoms with E-state index in [2.05, 4.69) is 26.9 Å². The van der Waals surface area contributed by atoms with Crippen LogP contribution in [0.5, 0.6) is 5.75 Å². The number of anilines is 1. The van der Waals surface area contributed by atoms with Crippen molar-refractivity contribution in [1.29, 1.82) is 0 Å². The first-order valence-corrected chi connectivity index (χ1v) is 9.41. The second kappa shape index (κ2) is 8.03. The van der Waals surface area contributed by atoms with Gasteiger partial charge in [-0.2, -0.15) is 0 Å². The van der Waals surface area contributed by atoms with Crippen molar-refractivity contribution in [2.24, 2.45) is 0 Å². The van der Waals surface area contributed by atoms with Gasteiger partial charge < -0.3 is 14.1 Å². The Hall–Kier alpha value is -2.50. The van der Waals surface area contributed by atoms with E-state index >= 15 is 0 Å². The highest BCUT2D eigenvalue weighted by Gasteiger charge is 2.19. The predicted octanol–water partition coefficient (Wildman–Crippen LogP) is 4.33. The third-order valence-corrected chi connectivity index (χ3v) is 5.16. The van der Waals surface area contributed by atoms with Gasteiger partial charge in [0, 0.05) is 44.5 Å². The van der Waals surface area contributed by atoms with Crippen LogP contribution >= 0.6 is 11.6 Å². The number of hydrogen-bond acceptors (Lipinski definition) is 5. The van der Waals surface area contributed by atoms with Crippen LogP contribution in [0.1, 0.15) is 5.69 Å². The minimum atomic E-state index is 0.575. The molecular formula is C21H22ClN3O2. The van der Waals surface area contributed by atoms with Crippen molar-refractivity contribution in [2.75, 3.05) is 38.2 Å². The maximum absolute atomic E-state index is 6.23. The standard InChI is InChI=1S/C21H22ClN3O2/c1-26-18-6-4-5-17(13-18)25-11-9-24(10-12-25)14-16-15-27-21(23-16)19-7-2-3-8-20(19)22/h2-8,13,15H,9-12,14H2,1H3. The summed E-state index contributed by atoms with van der Waals surface area (Å²) in [5.41, 5.74) is 2.96. The fourth-order valence-corrected chi connectivity index (χ4v) is 3.55. The van der Waals surface area contributed by atoms with Crippen molar-refractivity contribution in [1.82, 2.24) is 9.88 Å². The largest absolute Gasteiger partial charge is 0.497 e. The van der Waals surface area contributed by atoms with Crippen LogP contribution in [0.15, 0.2) is 59.2 Å². The molecule has 2 aromatic carbocycles. The Morgan fingerprint density at radius 2 is 1.89 bits per heavy atom. The third kappa shape index (κ3) is 4.10. The smallest absolute Gasteiger partial charge is 0.227 e. The van der Waals surface area contributed by atoms with Crippen molar-refractivity contribution in [3.63, 3.8) is 0 Å². The summed E-state index contributed by atoms with van der Waals surface area (Å²) in [6.45, 7) is 4.68. The SMILES string of the molecule is COc1cccc(N2CCN(Cc3coc(-c4ccccc4Cl)n3)CC2)c1. The summed E-state index contributed by atoms with van der Waals surface area (Å²) in [5.74, 6) is 1.47. The summed E-state index contributed by atoms with van der Waals surface area (Å²) in [7, 11) is 1.70. The molecule has 0 N–H and O–H groups in total. The Kier molecular flexibility index (Phi) is 5.32. The van der Waals surface area contributed by atoms with Crippen LogP contribution in [0.4, 0.5) is 5.69 Å². The molecule has 0 spiro atoms. The Balaban J connectivity index is 1.36. The average Bonchev–Trinajstić information content (AvgIpc) is 3.17. The van der Waals surface area contributed by atoms with Crippen molar-refractivity contribution >= 4 is 17.3 Å². The molecule has 1 aliphatic heterocycles. The van der Waals surface area contributed by atoms with Crippen LogP contribution in [0.2, 0.25) is 5.02 Å². The molecule has 1 aromatic heterocycles. The molecule has 0 amide bonds. The number of oxazole rings is 1. The molecule has 0 radical (unpaired) electrons. The van der Waals surface area contributed by atoms with Gasteiger partial charge in [-0.25, -0.2) is 4.98 Å². The zero-order valence-electron chi connectivity index (χ0n) is 15.3. The molecule has 1 fully saturated rings. The Labute approximate surface area is 164 Å². The minimum Gasteiger partial charge on any atom is -0.497 e. The molecular weight excluding hydrogens is 362 g/mol. The monoisotopic (exact) mass is 383 g/mol. The van der Waals surface area contributed by atoms with Gasteiger partial charge in [0.15, 0.2) is 0 Å². The number of nitrogens with zero attached hydrogens (tertiary/aromatic N) is 3. The van der Waals surface area contributed by atoms with E-state index in [0.717, 1.165) is 49.7 Å². The first-order valence-electron chi connectivity index (χ1n) is 9.03. The summed E-state index contributed by atoms with van der Waals surface area (Å²) in [5, 5.41) is 0.651. The van der Waals surface area contributed by atoms with Crippen molar-refractivity contribution < 1.29 is 9.15 Å². The summed E-state index contributed by atoms with van der Waals surface area (Å²) in [6.07, 6.45) is 1.73. The lowest BCUT2D eigenvalue weighted by molar-refractivity contribution is 0.247. The highest BCUT2D eigenvalue weighted by atomic mass is 35.5. The molecule has 0 saturated carbocycles. The average molecular weight is 384 g/mol. The number of benzene rings is 2. The molecule has 0 aliphatic carbocycles. The molecule has 3 aromatic rings. The van der Waals surface area contributed by atoms with E-state index in [9.17, 15) is 0 Å². The van der Waals surface area contributed by atoms with Gasteiger partial charge in [-0.3, -0.25) is 4.90 Å². The van der Waals surface area contributed by atoms with Gasteiger partial charge in [-0.1, -0.05) is 29.8 Å². The van der Waals surface area contributed by atoms with Crippen molar-refractivity contribution in [2.45, 2.75) is 6.54 Å². The van der Waals surface area contributed by atoms with Gasteiger partial charge in [0.05, 0.1) is 23.4 Å². The zero-order chi connectivity index (χ0) is 18.6. The molecule has 0 bridgehead atoms. The topological polar surface area (TPSA) is 41.7 Å². The van der Waals surface area contributed by atoms with Gasteiger partial charge in [-0.15, -0.1) is 0 Å². The molecule has 27 heavy (non-hydrogen) atoms. The van der Waals surface area contributed by atoms with Crippen LogP contribution in [-0.4, -0.2) is 43.2 Å². The van der Waals surface area contributed by atoms with Gasteiger partial charge in [0.2, 0.25) is 5.89 Å². The van der Waals surface area contributed by atoms with Crippen LogP contribution in [0, 0.1) is 0 Å². The minimum absolute atomic E-state index is 0.575.